The van der Waals surface area contributed by atoms with Crippen LogP contribution >= 0.6 is 22.7 Å². The molecule has 0 spiro atoms. The molecule has 0 saturated heterocycles. The van der Waals surface area contributed by atoms with Crippen molar-refractivity contribution >= 4 is 38.4 Å². The van der Waals surface area contributed by atoms with Gasteiger partial charge in [-0.1, -0.05) is 0 Å². The van der Waals surface area contributed by atoms with Gasteiger partial charge >= 0.3 is 0 Å². The Labute approximate surface area is 113 Å². The molecule has 0 aliphatic rings. The number of nitrogens with zero attached hydrogens (tertiary/aromatic N) is 2. The highest BCUT2D eigenvalue weighted by molar-refractivity contribution is 7.28. The van der Waals surface area contributed by atoms with Crippen LogP contribution in [0.1, 0.15) is 30.2 Å². The molecule has 0 saturated carbocycles. The van der Waals surface area contributed by atoms with Gasteiger partial charge in [-0.3, -0.25) is 9.48 Å². The second-order valence-corrected chi connectivity index (χ2v) is 6.42. The summed E-state index contributed by atoms with van der Waals surface area (Å²) in [6, 6.07) is 4.48. The summed E-state index contributed by atoms with van der Waals surface area (Å²) in [7, 11) is 0. The Balaban J connectivity index is 2.15. The van der Waals surface area contributed by atoms with E-state index in [9.17, 15) is 4.79 Å². The molecule has 0 amide bonds. The van der Waals surface area contributed by atoms with Gasteiger partial charge in [-0.15, -0.1) is 22.7 Å². The van der Waals surface area contributed by atoms with Gasteiger partial charge in [0, 0.05) is 21.6 Å². The van der Waals surface area contributed by atoms with Crippen molar-refractivity contribution in [2.45, 2.75) is 19.9 Å². The van der Waals surface area contributed by atoms with Gasteiger partial charge in [-0.25, -0.2) is 0 Å². The molecule has 0 aromatic carbocycles. The maximum Gasteiger partial charge on any atom is 0.153 e. The van der Waals surface area contributed by atoms with Crippen LogP contribution in [0.3, 0.4) is 0 Å². The van der Waals surface area contributed by atoms with Crippen LogP contribution in [0.2, 0.25) is 0 Å². The quantitative estimate of drug-likeness (QED) is 0.671. The van der Waals surface area contributed by atoms with Crippen LogP contribution in [0.4, 0.5) is 0 Å². The molecule has 0 atom stereocenters. The Morgan fingerprint density at radius 1 is 1.39 bits per heavy atom. The Morgan fingerprint density at radius 2 is 2.22 bits per heavy atom. The van der Waals surface area contributed by atoms with Crippen molar-refractivity contribution in [1.29, 1.82) is 0 Å². The summed E-state index contributed by atoms with van der Waals surface area (Å²) in [5.41, 5.74) is 1.46. The van der Waals surface area contributed by atoms with E-state index in [1.165, 1.54) is 9.40 Å². The highest BCUT2D eigenvalue weighted by Gasteiger charge is 2.15. The molecule has 3 aromatic heterocycles. The van der Waals surface area contributed by atoms with E-state index in [-0.39, 0.29) is 6.04 Å². The minimum Gasteiger partial charge on any atom is -0.298 e. The normalized spacial score (nSPS) is 11.5. The zero-order valence-corrected chi connectivity index (χ0v) is 11.7. The smallest absolute Gasteiger partial charge is 0.153 e. The summed E-state index contributed by atoms with van der Waals surface area (Å²) >= 11 is 3.40. The topological polar surface area (TPSA) is 34.9 Å². The number of aldehydes is 1. The lowest BCUT2D eigenvalue weighted by molar-refractivity contribution is 0.112. The molecular weight excluding hydrogens is 264 g/mol. The van der Waals surface area contributed by atoms with Gasteiger partial charge in [0.1, 0.15) is 5.69 Å². The molecule has 0 unspecified atom stereocenters. The van der Waals surface area contributed by atoms with Crippen LogP contribution in [-0.4, -0.2) is 16.1 Å². The first-order chi connectivity index (χ1) is 8.69. The van der Waals surface area contributed by atoms with Crippen LogP contribution in [0.5, 0.6) is 0 Å². The number of fused-ring (bicyclic) bond motifs is 1. The average Bonchev–Trinajstić information content (AvgIpc) is 3.01. The zero-order valence-electron chi connectivity index (χ0n) is 10.1. The average molecular weight is 276 g/mol. The Bertz CT molecular complexity index is 677. The summed E-state index contributed by atoms with van der Waals surface area (Å²) in [5.74, 6) is 0. The first-order valence-electron chi connectivity index (χ1n) is 5.71. The summed E-state index contributed by atoms with van der Waals surface area (Å²) in [6.45, 7) is 4.11. The number of hydrogen-bond donors (Lipinski definition) is 0. The maximum atomic E-state index is 11.1. The number of thiophene rings is 2. The fraction of sp³-hybridized carbons (Fsp3) is 0.231. The Hall–Kier alpha value is -1.46. The molecule has 3 aromatic rings. The van der Waals surface area contributed by atoms with Crippen molar-refractivity contribution < 1.29 is 4.79 Å². The highest BCUT2D eigenvalue weighted by atomic mass is 32.1. The molecule has 3 rings (SSSR count). The van der Waals surface area contributed by atoms with Crippen molar-refractivity contribution in [1.82, 2.24) is 9.78 Å². The fourth-order valence-corrected chi connectivity index (χ4v) is 3.95. The predicted molar refractivity (Wildman–Crippen MR) is 76.7 cm³/mol. The lowest BCUT2D eigenvalue weighted by Gasteiger charge is -2.02. The van der Waals surface area contributed by atoms with Gasteiger partial charge in [0.15, 0.2) is 6.29 Å². The van der Waals surface area contributed by atoms with E-state index in [4.69, 9.17) is 0 Å². The molecule has 92 valence electrons. The molecule has 18 heavy (non-hydrogen) atoms. The molecule has 0 fully saturated rings. The van der Waals surface area contributed by atoms with Crippen molar-refractivity contribution in [3.05, 3.63) is 29.3 Å². The van der Waals surface area contributed by atoms with Crippen molar-refractivity contribution in [3.8, 4) is 10.6 Å². The summed E-state index contributed by atoms with van der Waals surface area (Å²) < 4.78 is 4.35. The van der Waals surface area contributed by atoms with Gasteiger partial charge in [0.25, 0.3) is 0 Å². The standard InChI is InChI=1S/C13H12N2OS2/c1-8(2)15-6-9(7-16)13(14-15)12-5-11-10(18-12)3-4-17-11/h3-8H,1-2H3. The molecular formula is C13H12N2OS2. The Kier molecular flexibility index (Phi) is 2.80. The monoisotopic (exact) mass is 276 g/mol. The van der Waals surface area contributed by atoms with Crippen LogP contribution in [0, 0.1) is 0 Å². The van der Waals surface area contributed by atoms with Crippen LogP contribution in [0.25, 0.3) is 20.0 Å². The van der Waals surface area contributed by atoms with E-state index in [1.807, 2.05) is 10.9 Å². The molecule has 0 bridgehead atoms. The molecule has 3 nitrogen and oxygen atoms in total. The number of carbonyl (C=O) groups is 1. The first kappa shape index (κ1) is 11.6. The third kappa shape index (κ3) is 1.79. The number of rotatable bonds is 3. The van der Waals surface area contributed by atoms with Gasteiger partial charge in [-0.2, -0.15) is 5.10 Å². The van der Waals surface area contributed by atoms with E-state index in [0.717, 1.165) is 16.9 Å². The van der Waals surface area contributed by atoms with E-state index in [0.29, 0.717) is 5.56 Å². The number of hydrogen-bond acceptors (Lipinski definition) is 4. The maximum absolute atomic E-state index is 11.1. The summed E-state index contributed by atoms with van der Waals surface area (Å²) in [4.78, 5) is 12.2. The van der Waals surface area contributed by atoms with Gasteiger partial charge in [0.2, 0.25) is 0 Å². The zero-order chi connectivity index (χ0) is 12.7. The lowest BCUT2D eigenvalue weighted by atomic mass is 10.2. The third-order valence-corrected chi connectivity index (χ3v) is 4.89. The summed E-state index contributed by atoms with van der Waals surface area (Å²) in [5, 5.41) is 6.61. The second kappa shape index (κ2) is 4.33. The third-order valence-electron chi connectivity index (χ3n) is 2.79. The molecule has 3 heterocycles. The molecule has 0 radical (unpaired) electrons. The lowest BCUT2D eigenvalue weighted by Crippen LogP contribution is -2.00. The molecule has 0 aliphatic carbocycles. The van der Waals surface area contributed by atoms with Crippen LogP contribution in [-0.2, 0) is 0 Å². The second-order valence-electron chi connectivity index (χ2n) is 4.38. The van der Waals surface area contributed by atoms with E-state index in [1.54, 1.807) is 22.7 Å². The van der Waals surface area contributed by atoms with Crippen molar-refractivity contribution in [3.63, 3.8) is 0 Å². The van der Waals surface area contributed by atoms with Crippen LogP contribution < -0.4 is 0 Å². The molecule has 5 heteroatoms. The minimum atomic E-state index is 0.263. The number of carbonyl (C=O) groups excluding carboxylic acids is 1. The first-order valence-corrected chi connectivity index (χ1v) is 7.40. The fourth-order valence-electron chi connectivity index (χ4n) is 1.83. The molecule has 0 aliphatic heterocycles. The largest absolute Gasteiger partial charge is 0.298 e. The predicted octanol–water partition coefficient (Wildman–Crippen LogP) is 4.22. The Morgan fingerprint density at radius 3 is 2.89 bits per heavy atom. The number of aromatic nitrogens is 2. The van der Waals surface area contributed by atoms with Gasteiger partial charge in [-0.05, 0) is 31.4 Å². The van der Waals surface area contributed by atoms with E-state index >= 15 is 0 Å². The SMILES string of the molecule is CC(C)n1cc(C=O)c(-c2cc3sccc3s2)n1. The molecule has 0 N–H and O–H groups in total. The van der Waals surface area contributed by atoms with Gasteiger partial charge in [0.05, 0.1) is 10.4 Å². The summed E-state index contributed by atoms with van der Waals surface area (Å²) in [6.07, 6.45) is 2.70. The highest BCUT2D eigenvalue weighted by Crippen LogP contribution is 2.36. The van der Waals surface area contributed by atoms with Crippen LogP contribution in [0.15, 0.2) is 23.7 Å². The van der Waals surface area contributed by atoms with E-state index in [2.05, 4.69) is 36.5 Å². The van der Waals surface area contributed by atoms with Crippen molar-refractivity contribution in [2.24, 2.45) is 0 Å². The van der Waals surface area contributed by atoms with Gasteiger partial charge < -0.3 is 0 Å². The van der Waals surface area contributed by atoms with E-state index < -0.39 is 0 Å². The van der Waals surface area contributed by atoms with Crippen molar-refractivity contribution in [2.75, 3.05) is 0 Å². The minimum absolute atomic E-state index is 0.263.